The van der Waals surface area contributed by atoms with Crippen LogP contribution < -0.4 is 5.32 Å². The highest BCUT2D eigenvalue weighted by molar-refractivity contribution is 5.80. The van der Waals surface area contributed by atoms with E-state index in [1.807, 2.05) is 18.2 Å². The summed E-state index contributed by atoms with van der Waals surface area (Å²) >= 11 is 0. The van der Waals surface area contributed by atoms with Crippen molar-refractivity contribution in [1.29, 1.82) is 5.26 Å². The molecule has 24 heavy (non-hydrogen) atoms. The molecule has 5 atom stereocenters. The number of nitrogens with zero attached hydrogens (tertiary/aromatic N) is 1. The third-order valence-electron chi connectivity index (χ3n) is 5.27. The Balaban J connectivity index is 1.85. The van der Waals surface area contributed by atoms with E-state index < -0.39 is 5.54 Å². The molecule has 5 unspecified atom stereocenters. The lowest BCUT2D eigenvalue weighted by atomic mass is 9.85. The summed E-state index contributed by atoms with van der Waals surface area (Å²) in [4.78, 5) is 23.9. The number of amides is 1. The van der Waals surface area contributed by atoms with Crippen molar-refractivity contribution in [2.75, 3.05) is 6.61 Å². The zero-order chi connectivity index (χ0) is 17.3. The van der Waals surface area contributed by atoms with E-state index in [1.165, 1.54) is 12.5 Å². The Morgan fingerprint density at radius 1 is 1.38 bits per heavy atom. The van der Waals surface area contributed by atoms with Gasteiger partial charge >= 0.3 is 5.97 Å². The van der Waals surface area contributed by atoms with E-state index >= 15 is 0 Å². The van der Waals surface area contributed by atoms with Gasteiger partial charge in [-0.2, -0.15) is 5.26 Å². The Bertz CT molecular complexity index is 682. The minimum absolute atomic E-state index is 0.107. The van der Waals surface area contributed by atoms with Crippen LogP contribution in [0.1, 0.15) is 25.8 Å². The molecule has 1 amide bonds. The Labute approximate surface area is 142 Å². The van der Waals surface area contributed by atoms with Crippen LogP contribution in [0.2, 0.25) is 0 Å². The first-order chi connectivity index (χ1) is 11.5. The van der Waals surface area contributed by atoms with Gasteiger partial charge in [-0.15, -0.1) is 0 Å². The molecular formula is C19H22N2O3. The van der Waals surface area contributed by atoms with Crippen molar-refractivity contribution in [2.45, 2.75) is 32.2 Å². The Hall–Kier alpha value is -2.35. The minimum atomic E-state index is -0.951. The van der Waals surface area contributed by atoms with Gasteiger partial charge in [-0.3, -0.25) is 9.59 Å². The summed E-state index contributed by atoms with van der Waals surface area (Å²) in [6.45, 7) is 3.53. The molecule has 2 fully saturated rings. The first-order valence-electron chi connectivity index (χ1n) is 8.43. The standard InChI is InChI=1S/C19H22N2O3/c1-3-24-18(23)16-15-14(9-13-7-5-4-6-8-13)10-19(11-20,17(15)16)21-12(2)22/h4-8,14-17H,3,9-10H2,1-2H3,(H,21,22). The van der Waals surface area contributed by atoms with Gasteiger partial charge < -0.3 is 10.1 Å². The average molecular weight is 326 g/mol. The summed E-state index contributed by atoms with van der Waals surface area (Å²) < 4.78 is 5.18. The molecule has 0 spiro atoms. The van der Waals surface area contributed by atoms with Gasteiger partial charge in [0.25, 0.3) is 0 Å². The van der Waals surface area contributed by atoms with Crippen LogP contribution >= 0.6 is 0 Å². The first kappa shape index (κ1) is 16.5. The fraction of sp³-hybridized carbons (Fsp3) is 0.526. The van der Waals surface area contributed by atoms with Crippen LogP contribution in [0.5, 0.6) is 0 Å². The molecule has 1 aromatic rings. The maximum atomic E-state index is 12.3. The number of rotatable bonds is 5. The van der Waals surface area contributed by atoms with Crippen molar-refractivity contribution in [3.63, 3.8) is 0 Å². The number of hydrogen-bond acceptors (Lipinski definition) is 4. The van der Waals surface area contributed by atoms with Gasteiger partial charge in [-0.05, 0) is 37.2 Å². The predicted octanol–water partition coefficient (Wildman–Crippen LogP) is 2.07. The van der Waals surface area contributed by atoms with Crippen molar-refractivity contribution < 1.29 is 14.3 Å². The Kier molecular flexibility index (Phi) is 4.31. The molecule has 5 nitrogen and oxygen atoms in total. The zero-order valence-corrected chi connectivity index (χ0v) is 14.0. The number of esters is 1. The van der Waals surface area contributed by atoms with Gasteiger partial charge in [0.15, 0.2) is 0 Å². The summed E-state index contributed by atoms with van der Waals surface area (Å²) in [5.41, 5.74) is 0.236. The van der Waals surface area contributed by atoms with Gasteiger partial charge in [-0.25, -0.2) is 0 Å². The van der Waals surface area contributed by atoms with E-state index in [9.17, 15) is 14.9 Å². The molecule has 1 N–H and O–H groups in total. The van der Waals surface area contributed by atoms with Crippen molar-refractivity contribution >= 4 is 11.9 Å². The molecule has 2 aliphatic rings. The summed E-state index contributed by atoms with van der Waals surface area (Å²) in [5, 5.41) is 12.6. The number of fused-ring (bicyclic) bond motifs is 1. The fourth-order valence-electron chi connectivity index (χ4n) is 4.51. The Morgan fingerprint density at radius 3 is 2.67 bits per heavy atom. The molecule has 0 radical (unpaired) electrons. The van der Waals surface area contributed by atoms with Crippen LogP contribution in [0.15, 0.2) is 30.3 Å². The summed E-state index contributed by atoms with van der Waals surface area (Å²) in [7, 11) is 0. The van der Waals surface area contributed by atoms with Crippen LogP contribution in [-0.2, 0) is 20.7 Å². The molecule has 0 aliphatic heterocycles. The van der Waals surface area contributed by atoms with Crippen LogP contribution in [0, 0.1) is 35.0 Å². The zero-order valence-electron chi connectivity index (χ0n) is 14.0. The fourth-order valence-corrected chi connectivity index (χ4v) is 4.51. The molecular weight excluding hydrogens is 304 g/mol. The Morgan fingerprint density at radius 2 is 2.08 bits per heavy atom. The van der Waals surface area contributed by atoms with Crippen LogP contribution in [0.25, 0.3) is 0 Å². The number of hydrogen-bond donors (Lipinski definition) is 1. The largest absolute Gasteiger partial charge is 0.466 e. The number of nitrogens with one attached hydrogen (secondary N) is 1. The lowest BCUT2D eigenvalue weighted by molar-refractivity contribution is -0.146. The van der Waals surface area contributed by atoms with E-state index in [-0.39, 0.29) is 35.5 Å². The van der Waals surface area contributed by atoms with Crippen molar-refractivity contribution in [3.8, 4) is 6.07 Å². The van der Waals surface area contributed by atoms with Crippen molar-refractivity contribution in [2.24, 2.45) is 23.7 Å². The first-order valence-corrected chi connectivity index (χ1v) is 8.43. The second-order valence-corrected chi connectivity index (χ2v) is 6.80. The molecule has 0 aromatic heterocycles. The monoisotopic (exact) mass is 326 g/mol. The molecule has 2 saturated carbocycles. The second kappa shape index (κ2) is 6.27. The van der Waals surface area contributed by atoms with Crippen LogP contribution in [0.4, 0.5) is 0 Å². The van der Waals surface area contributed by atoms with E-state index in [0.717, 1.165) is 6.42 Å². The van der Waals surface area contributed by atoms with Gasteiger partial charge in [0.2, 0.25) is 5.91 Å². The number of carbonyl (C=O) groups excluding carboxylic acids is 2. The SMILES string of the molecule is CCOC(=O)C1C2C(Cc3ccccc3)CC(C#N)(NC(C)=O)C12. The van der Waals surface area contributed by atoms with Gasteiger partial charge in [0, 0.05) is 12.8 Å². The maximum absolute atomic E-state index is 12.3. The van der Waals surface area contributed by atoms with E-state index in [0.29, 0.717) is 13.0 Å². The lowest BCUT2D eigenvalue weighted by Gasteiger charge is -2.27. The highest BCUT2D eigenvalue weighted by Gasteiger charge is 2.73. The number of benzene rings is 1. The lowest BCUT2D eigenvalue weighted by Crippen LogP contribution is -2.48. The molecule has 126 valence electrons. The maximum Gasteiger partial charge on any atom is 0.309 e. The summed E-state index contributed by atoms with van der Waals surface area (Å²) in [6, 6.07) is 12.4. The smallest absolute Gasteiger partial charge is 0.309 e. The normalized spacial score (nSPS) is 33.2. The third-order valence-corrected chi connectivity index (χ3v) is 5.27. The third kappa shape index (κ3) is 2.77. The number of nitriles is 1. The van der Waals surface area contributed by atoms with Crippen molar-refractivity contribution in [1.82, 2.24) is 5.32 Å². The molecule has 0 bridgehead atoms. The van der Waals surface area contributed by atoms with Gasteiger partial charge in [0.05, 0.1) is 18.6 Å². The van der Waals surface area contributed by atoms with Gasteiger partial charge in [0.1, 0.15) is 5.54 Å². The van der Waals surface area contributed by atoms with Crippen molar-refractivity contribution in [3.05, 3.63) is 35.9 Å². The van der Waals surface area contributed by atoms with E-state index in [4.69, 9.17) is 4.74 Å². The quantitative estimate of drug-likeness (QED) is 0.840. The molecule has 3 rings (SSSR count). The highest BCUT2D eigenvalue weighted by Crippen LogP contribution is 2.65. The highest BCUT2D eigenvalue weighted by atomic mass is 16.5. The summed E-state index contributed by atoms with van der Waals surface area (Å²) in [6.07, 6.45) is 1.39. The minimum Gasteiger partial charge on any atom is -0.466 e. The summed E-state index contributed by atoms with van der Waals surface area (Å²) in [5.74, 6) is -0.590. The van der Waals surface area contributed by atoms with E-state index in [2.05, 4.69) is 23.5 Å². The second-order valence-electron chi connectivity index (χ2n) is 6.80. The van der Waals surface area contributed by atoms with Crippen LogP contribution in [-0.4, -0.2) is 24.0 Å². The number of carbonyl (C=O) groups is 2. The molecule has 5 heteroatoms. The molecule has 0 heterocycles. The van der Waals surface area contributed by atoms with Crippen LogP contribution in [0.3, 0.4) is 0 Å². The molecule has 0 saturated heterocycles. The number of ether oxygens (including phenoxy) is 1. The predicted molar refractivity (Wildman–Crippen MR) is 87.5 cm³/mol. The molecule has 2 aliphatic carbocycles. The molecule has 1 aromatic carbocycles. The average Bonchev–Trinajstić information content (AvgIpc) is 3.24. The van der Waals surface area contributed by atoms with Gasteiger partial charge in [-0.1, -0.05) is 30.3 Å². The van der Waals surface area contributed by atoms with E-state index in [1.54, 1.807) is 6.92 Å². The topological polar surface area (TPSA) is 79.2 Å².